The number of carboxylic acid groups (broad SMARTS) is 1. The lowest BCUT2D eigenvalue weighted by atomic mass is 10.0. The molecule has 0 spiro atoms. The lowest BCUT2D eigenvalue weighted by Crippen LogP contribution is -2.34. The number of aliphatic carboxylic acids is 1. The minimum Gasteiger partial charge on any atom is -0.616 e. The molecule has 1 aliphatic carbocycles. The maximum atomic E-state index is 15.1. The summed E-state index contributed by atoms with van der Waals surface area (Å²) in [5.74, 6) is -0.843. The molecule has 3 heterocycles. The van der Waals surface area contributed by atoms with Crippen LogP contribution in [0, 0.1) is 5.82 Å². The Morgan fingerprint density at radius 3 is 2.89 bits per heavy atom. The lowest BCUT2D eigenvalue weighted by molar-refractivity contribution is -0.142. The minimum atomic E-state index is -1.20. The van der Waals surface area contributed by atoms with Gasteiger partial charge in [-0.1, -0.05) is 0 Å². The van der Waals surface area contributed by atoms with Crippen molar-refractivity contribution in [3.8, 4) is 0 Å². The van der Waals surface area contributed by atoms with Crippen molar-refractivity contribution >= 4 is 33.7 Å². The van der Waals surface area contributed by atoms with E-state index in [4.69, 9.17) is 0 Å². The molecule has 1 saturated heterocycles. The molecule has 0 amide bonds. The van der Waals surface area contributed by atoms with E-state index in [0.29, 0.717) is 41.9 Å². The largest absolute Gasteiger partial charge is 0.616 e. The summed E-state index contributed by atoms with van der Waals surface area (Å²) in [7, 11) is 0. The maximum Gasteiger partial charge on any atom is 0.329 e. The Hall–Kier alpha value is -2.06. The van der Waals surface area contributed by atoms with E-state index in [-0.39, 0.29) is 22.6 Å². The van der Waals surface area contributed by atoms with Gasteiger partial charge in [-0.05, 0) is 42.9 Å². The van der Waals surface area contributed by atoms with E-state index in [1.807, 2.05) is 4.90 Å². The predicted octanol–water partition coefficient (Wildman–Crippen LogP) is 1.95. The summed E-state index contributed by atoms with van der Waals surface area (Å²) < 4.78 is 29.4. The minimum absolute atomic E-state index is 0.0253. The fraction of sp³-hybridized carbons (Fsp3) is 0.474. The Kier molecular flexibility index (Phi) is 3.61. The molecule has 1 saturated carbocycles. The topological polar surface area (TPSA) is 85.6 Å². The Labute approximate surface area is 157 Å². The second kappa shape index (κ2) is 5.72. The number of benzene rings is 1. The lowest BCUT2D eigenvalue weighted by Gasteiger charge is -2.27. The first-order valence-corrected chi connectivity index (χ1v) is 10.6. The van der Waals surface area contributed by atoms with Gasteiger partial charge in [-0.25, -0.2) is 9.18 Å². The van der Waals surface area contributed by atoms with Crippen LogP contribution in [0.5, 0.6) is 0 Å². The molecule has 0 bridgehead atoms. The van der Waals surface area contributed by atoms with Crippen molar-refractivity contribution in [1.29, 1.82) is 0 Å². The maximum absolute atomic E-state index is 15.1. The number of hydrogen-bond acceptors (Lipinski definition) is 4. The number of rotatable bonds is 2. The van der Waals surface area contributed by atoms with Crippen LogP contribution in [0.3, 0.4) is 0 Å². The average Bonchev–Trinajstić information content (AvgIpc) is 3.34. The van der Waals surface area contributed by atoms with Crippen molar-refractivity contribution in [2.75, 3.05) is 17.2 Å². The predicted molar refractivity (Wildman–Crippen MR) is 100 cm³/mol. The molecule has 142 valence electrons. The number of anilines is 1. The van der Waals surface area contributed by atoms with Gasteiger partial charge in [0, 0.05) is 24.2 Å². The van der Waals surface area contributed by atoms with Gasteiger partial charge in [0.15, 0.2) is 5.43 Å². The summed E-state index contributed by atoms with van der Waals surface area (Å²) >= 11 is -1.20. The fourth-order valence-corrected chi connectivity index (χ4v) is 6.16. The van der Waals surface area contributed by atoms with E-state index >= 15 is 4.39 Å². The first-order valence-electron chi connectivity index (χ1n) is 9.14. The average molecular weight is 390 g/mol. The molecular formula is C19H19FN2O4S. The standard InChI is InChI=1S/C19H19FN2O4S/c20-14-8-12-15(23)3-7-22(19(4-5-19)18(24)25)16(12)13-10-27(26)9-11-2-1-6-21(11)17(13)14/h3,7-8,11H,1-2,4-6,9-10H2,(H,24,25). The fourth-order valence-electron chi connectivity index (χ4n) is 4.67. The van der Waals surface area contributed by atoms with E-state index in [9.17, 15) is 19.2 Å². The number of fused-ring (bicyclic) bond motifs is 5. The van der Waals surface area contributed by atoms with Crippen molar-refractivity contribution in [3.05, 3.63) is 39.9 Å². The molecule has 27 heavy (non-hydrogen) atoms. The number of carboxylic acids is 1. The third kappa shape index (κ3) is 2.36. The van der Waals surface area contributed by atoms with Crippen LogP contribution in [-0.2, 0) is 27.3 Å². The molecule has 5 rings (SSSR count). The van der Waals surface area contributed by atoms with Gasteiger partial charge in [0.25, 0.3) is 0 Å². The van der Waals surface area contributed by atoms with Crippen molar-refractivity contribution in [1.82, 2.24) is 4.57 Å². The van der Waals surface area contributed by atoms with E-state index in [1.165, 1.54) is 18.3 Å². The highest BCUT2D eigenvalue weighted by molar-refractivity contribution is 7.90. The van der Waals surface area contributed by atoms with Gasteiger partial charge >= 0.3 is 5.97 Å². The van der Waals surface area contributed by atoms with Gasteiger partial charge in [0.2, 0.25) is 0 Å². The van der Waals surface area contributed by atoms with Crippen LogP contribution in [0.2, 0.25) is 0 Å². The van der Waals surface area contributed by atoms with Crippen molar-refractivity contribution in [2.45, 2.75) is 43.0 Å². The summed E-state index contributed by atoms with van der Waals surface area (Å²) in [5.41, 5.74) is -0.110. The molecule has 2 aromatic rings. The van der Waals surface area contributed by atoms with Crippen molar-refractivity contribution < 1.29 is 18.8 Å². The summed E-state index contributed by atoms with van der Waals surface area (Å²) in [6.45, 7) is 0.679. The first-order chi connectivity index (χ1) is 12.9. The van der Waals surface area contributed by atoms with Gasteiger partial charge < -0.3 is 19.1 Å². The zero-order chi connectivity index (χ0) is 18.9. The van der Waals surface area contributed by atoms with E-state index < -0.39 is 28.5 Å². The van der Waals surface area contributed by atoms with Gasteiger partial charge in [0.05, 0.1) is 22.8 Å². The zero-order valence-corrected chi connectivity index (χ0v) is 15.4. The molecule has 2 unspecified atom stereocenters. The van der Waals surface area contributed by atoms with Crippen LogP contribution in [0.25, 0.3) is 10.9 Å². The number of carbonyl (C=O) groups is 1. The van der Waals surface area contributed by atoms with Crippen LogP contribution in [0.15, 0.2) is 23.1 Å². The quantitative estimate of drug-likeness (QED) is 0.792. The van der Waals surface area contributed by atoms with Crippen LogP contribution < -0.4 is 10.3 Å². The summed E-state index contributed by atoms with van der Waals surface area (Å²) in [6.07, 6.45) is 4.19. The number of aromatic nitrogens is 1. The molecule has 1 aromatic heterocycles. The first kappa shape index (κ1) is 17.1. The van der Waals surface area contributed by atoms with Gasteiger partial charge in [0.1, 0.15) is 22.9 Å². The van der Waals surface area contributed by atoms with E-state index in [0.717, 1.165) is 12.8 Å². The van der Waals surface area contributed by atoms with Crippen molar-refractivity contribution in [2.24, 2.45) is 0 Å². The Morgan fingerprint density at radius 1 is 1.41 bits per heavy atom. The van der Waals surface area contributed by atoms with Gasteiger partial charge in [-0.15, -0.1) is 0 Å². The van der Waals surface area contributed by atoms with Crippen LogP contribution in [0.4, 0.5) is 10.1 Å². The third-order valence-electron chi connectivity index (χ3n) is 6.14. The molecular weight excluding hydrogens is 371 g/mol. The molecule has 3 aliphatic rings. The highest BCUT2D eigenvalue weighted by atomic mass is 32.2. The Bertz CT molecular complexity index is 1030. The Balaban J connectivity index is 1.88. The molecule has 2 atom stereocenters. The third-order valence-corrected chi connectivity index (χ3v) is 7.50. The molecule has 1 N–H and O–H groups in total. The molecule has 0 radical (unpaired) electrons. The van der Waals surface area contributed by atoms with Gasteiger partial charge in [-0.2, -0.15) is 0 Å². The van der Waals surface area contributed by atoms with Crippen LogP contribution in [-0.4, -0.2) is 38.5 Å². The molecule has 6 nitrogen and oxygen atoms in total. The second-order valence-electron chi connectivity index (χ2n) is 7.71. The van der Waals surface area contributed by atoms with Crippen LogP contribution in [0.1, 0.15) is 31.2 Å². The summed E-state index contributed by atoms with van der Waals surface area (Å²) in [4.78, 5) is 26.4. The van der Waals surface area contributed by atoms with Gasteiger partial charge in [-0.3, -0.25) is 4.79 Å². The summed E-state index contributed by atoms with van der Waals surface area (Å²) in [6, 6.07) is 2.55. The second-order valence-corrected chi connectivity index (χ2v) is 9.21. The highest BCUT2D eigenvalue weighted by Crippen LogP contribution is 2.47. The monoisotopic (exact) mass is 390 g/mol. The van der Waals surface area contributed by atoms with E-state index in [1.54, 1.807) is 4.57 Å². The highest BCUT2D eigenvalue weighted by Gasteiger charge is 2.53. The summed E-state index contributed by atoms with van der Waals surface area (Å²) in [5, 5.41) is 9.92. The molecule has 1 aromatic carbocycles. The Morgan fingerprint density at radius 2 is 2.19 bits per heavy atom. The molecule has 2 aliphatic heterocycles. The number of nitrogens with zero attached hydrogens (tertiary/aromatic N) is 2. The zero-order valence-electron chi connectivity index (χ0n) is 14.6. The van der Waals surface area contributed by atoms with Crippen molar-refractivity contribution in [3.63, 3.8) is 0 Å². The van der Waals surface area contributed by atoms with E-state index in [2.05, 4.69) is 0 Å². The normalized spacial score (nSPS) is 25.8. The number of hydrogen-bond donors (Lipinski definition) is 1. The SMILES string of the molecule is O=C(O)C1(n2ccc(=O)c3cc(F)c4c(c32)C[S+]([O-])CC2CCCN42)CC1. The van der Waals surface area contributed by atoms with Crippen LogP contribution >= 0.6 is 0 Å². The number of pyridine rings is 1. The molecule has 8 heteroatoms. The number of halogens is 1. The smallest absolute Gasteiger partial charge is 0.329 e. The molecule has 2 fully saturated rings.